The first kappa shape index (κ1) is 59.6. The molecule has 3 N–H and O–H groups in total. The molecular formula is C55H107NO5. The highest BCUT2D eigenvalue weighted by atomic mass is 16.5. The summed E-state index contributed by atoms with van der Waals surface area (Å²) in [6.07, 6.45) is 59.0. The molecule has 0 aliphatic carbocycles. The molecule has 0 heterocycles. The molecule has 6 nitrogen and oxygen atoms in total. The first-order valence-corrected chi connectivity index (χ1v) is 27.4. The van der Waals surface area contributed by atoms with E-state index in [1.54, 1.807) is 0 Å². The van der Waals surface area contributed by atoms with Crippen LogP contribution in [0, 0.1) is 0 Å². The lowest BCUT2D eigenvalue weighted by Gasteiger charge is -2.22. The average molecular weight is 862 g/mol. The van der Waals surface area contributed by atoms with Gasteiger partial charge < -0.3 is 20.3 Å². The minimum atomic E-state index is -0.682. The Morgan fingerprint density at radius 1 is 0.443 bits per heavy atom. The first-order valence-electron chi connectivity index (χ1n) is 27.4. The second-order valence-electron chi connectivity index (χ2n) is 18.9. The Morgan fingerprint density at radius 2 is 0.770 bits per heavy atom. The van der Waals surface area contributed by atoms with Gasteiger partial charge in [0.1, 0.15) is 0 Å². The third-order valence-electron chi connectivity index (χ3n) is 12.8. The Labute approximate surface area is 380 Å². The molecule has 0 saturated heterocycles. The number of nitrogens with one attached hydrogen (secondary N) is 1. The highest BCUT2D eigenvalue weighted by molar-refractivity contribution is 5.76. The van der Waals surface area contributed by atoms with E-state index >= 15 is 0 Å². The third-order valence-corrected chi connectivity index (χ3v) is 12.8. The van der Waals surface area contributed by atoms with Gasteiger partial charge in [-0.2, -0.15) is 0 Å². The van der Waals surface area contributed by atoms with Gasteiger partial charge in [-0.25, -0.2) is 0 Å². The van der Waals surface area contributed by atoms with E-state index in [0.29, 0.717) is 25.9 Å². The van der Waals surface area contributed by atoms with E-state index in [1.807, 2.05) is 0 Å². The van der Waals surface area contributed by atoms with E-state index in [4.69, 9.17) is 4.74 Å². The van der Waals surface area contributed by atoms with Gasteiger partial charge in [0.25, 0.3) is 0 Å². The molecule has 0 aromatic carbocycles. The van der Waals surface area contributed by atoms with E-state index in [1.165, 1.54) is 212 Å². The molecule has 0 aliphatic heterocycles. The fraction of sp³-hybridized carbons (Fsp3) is 0.927. The van der Waals surface area contributed by atoms with E-state index in [-0.39, 0.29) is 18.5 Å². The van der Waals surface area contributed by atoms with Crippen molar-refractivity contribution in [2.24, 2.45) is 0 Å². The normalized spacial score (nSPS) is 12.7. The fourth-order valence-corrected chi connectivity index (χ4v) is 8.58. The summed E-state index contributed by atoms with van der Waals surface area (Å²) in [6.45, 7) is 4.90. The van der Waals surface area contributed by atoms with Gasteiger partial charge >= 0.3 is 5.97 Å². The number of hydrogen-bond donors (Lipinski definition) is 3. The summed E-state index contributed by atoms with van der Waals surface area (Å²) in [4.78, 5) is 24.5. The molecule has 2 atom stereocenters. The summed E-state index contributed by atoms with van der Waals surface area (Å²) in [5.41, 5.74) is 0. The predicted octanol–water partition coefficient (Wildman–Crippen LogP) is 16.5. The molecule has 6 heteroatoms. The summed E-state index contributed by atoms with van der Waals surface area (Å²) < 4.78 is 5.46. The molecule has 0 aromatic heterocycles. The third kappa shape index (κ3) is 47.9. The van der Waals surface area contributed by atoms with Gasteiger partial charge in [-0.05, 0) is 51.4 Å². The molecule has 0 aliphatic rings. The summed E-state index contributed by atoms with van der Waals surface area (Å²) in [5.74, 6) is -0.0917. The van der Waals surface area contributed by atoms with Crippen molar-refractivity contribution in [3.8, 4) is 0 Å². The van der Waals surface area contributed by atoms with Crippen molar-refractivity contribution >= 4 is 11.9 Å². The van der Waals surface area contributed by atoms with Crippen molar-refractivity contribution in [3.05, 3.63) is 12.2 Å². The molecule has 0 aromatic rings. The maximum atomic E-state index is 12.5. The number of hydrogen-bond acceptors (Lipinski definition) is 5. The van der Waals surface area contributed by atoms with Gasteiger partial charge in [-0.1, -0.05) is 251 Å². The van der Waals surface area contributed by atoms with Gasteiger partial charge in [0.2, 0.25) is 5.91 Å². The summed E-state index contributed by atoms with van der Waals surface area (Å²) in [5, 5.41) is 23.3. The van der Waals surface area contributed by atoms with Crippen molar-refractivity contribution in [3.63, 3.8) is 0 Å². The monoisotopic (exact) mass is 862 g/mol. The largest absolute Gasteiger partial charge is 0.466 e. The van der Waals surface area contributed by atoms with Crippen LogP contribution >= 0.6 is 0 Å². The van der Waals surface area contributed by atoms with Crippen LogP contribution < -0.4 is 5.32 Å². The zero-order chi connectivity index (χ0) is 44.4. The molecular weight excluding hydrogens is 755 g/mol. The Morgan fingerprint density at radius 3 is 1.16 bits per heavy atom. The van der Waals surface area contributed by atoms with Crippen molar-refractivity contribution < 1.29 is 24.5 Å². The van der Waals surface area contributed by atoms with Crippen LogP contribution in [0.2, 0.25) is 0 Å². The molecule has 0 rings (SSSR count). The average Bonchev–Trinajstić information content (AvgIpc) is 3.26. The van der Waals surface area contributed by atoms with Crippen molar-refractivity contribution in [2.75, 3.05) is 13.2 Å². The second kappa shape index (κ2) is 51.2. The number of allylic oxidation sites excluding steroid dienone is 2. The Hall–Kier alpha value is -1.40. The molecule has 362 valence electrons. The van der Waals surface area contributed by atoms with Crippen molar-refractivity contribution in [1.29, 1.82) is 0 Å². The molecule has 0 saturated carbocycles. The van der Waals surface area contributed by atoms with Crippen LogP contribution in [0.3, 0.4) is 0 Å². The lowest BCUT2D eigenvalue weighted by atomic mass is 10.0. The zero-order valence-electron chi connectivity index (χ0n) is 41.2. The van der Waals surface area contributed by atoms with Crippen LogP contribution in [0.5, 0.6) is 0 Å². The highest BCUT2D eigenvalue weighted by Crippen LogP contribution is 2.17. The number of aliphatic hydroxyl groups is 2. The number of amides is 1. The second-order valence-corrected chi connectivity index (χ2v) is 18.9. The lowest BCUT2D eigenvalue weighted by Crippen LogP contribution is -2.45. The number of carbonyl (C=O) groups excluding carboxylic acids is 2. The zero-order valence-corrected chi connectivity index (χ0v) is 41.2. The van der Waals surface area contributed by atoms with Crippen LogP contribution in [0.15, 0.2) is 12.2 Å². The molecule has 0 bridgehead atoms. The van der Waals surface area contributed by atoms with Crippen LogP contribution in [0.25, 0.3) is 0 Å². The number of rotatable bonds is 51. The van der Waals surface area contributed by atoms with Crippen molar-refractivity contribution in [1.82, 2.24) is 5.32 Å². The maximum absolute atomic E-state index is 12.5. The summed E-state index contributed by atoms with van der Waals surface area (Å²) in [7, 11) is 0. The van der Waals surface area contributed by atoms with Crippen LogP contribution in [0.4, 0.5) is 0 Å². The molecule has 0 spiro atoms. The molecule has 61 heavy (non-hydrogen) atoms. The highest BCUT2D eigenvalue weighted by Gasteiger charge is 2.20. The molecule has 0 fully saturated rings. The van der Waals surface area contributed by atoms with E-state index < -0.39 is 12.1 Å². The fourth-order valence-electron chi connectivity index (χ4n) is 8.58. The van der Waals surface area contributed by atoms with Gasteiger partial charge in [0.15, 0.2) is 0 Å². The number of aliphatic hydroxyl groups excluding tert-OH is 2. The molecule has 1 amide bonds. The number of ether oxygens (including phenoxy) is 1. The van der Waals surface area contributed by atoms with E-state index in [2.05, 4.69) is 31.3 Å². The minimum absolute atomic E-state index is 0.0314. The predicted molar refractivity (Wildman–Crippen MR) is 264 cm³/mol. The van der Waals surface area contributed by atoms with Crippen molar-refractivity contribution in [2.45, 2.75) is 315 Å². The quantitative estimate of drug-likeness (QED) is 0.0322. The maximum Gasteiger partial charge on any atom is 0.305 e. The molecule has 0 radical (unpaired) electrons. The SMILES string of the molecule is CCCCCCCCC/C=C\CCCCCCCC(=O)OCCCCCCCCCCCC(=O)NC(CO)C(O)CCCCCCCCCCCCCCCCCCCCC. The van der Waals surface area contributed by atoms with Gasteiger partial charge in [-0.15, -0.1) is 0 Å². The van der Waals surface area contributed by atoms with Gasteiger partial charge in [0, 0.05) is 12.8 Å². The van der Waals surface area contributed by atoms with Gasteiger partial charge in [0.05, 0.1) is 25.4 Å². The lowest BCUT2D eigenvalue weighted by molar-refractivity contribution is -0.143. The summed E-state index contributed by atoms with van der Waals surface area (Å²) in [6, 6.07) is -0.562. The van der Waals surface area contributed by atoms with E-state index in [0.717, 1.165) is 57.8 Å². The Kier molecular flexibility index (Phi) is 50.1. The van der Waals surface area contributed by atoms with Crippen LogP contribution in [0.1, 0.15) is 303 Å². The summed E-state index contributed by atoms with van der Waals surface area (Å²) >= 11 is 0. The first-order chi connectivity index (χ1) is 30.0. The smallest absolute Gasteiger partial charge is 0.305 e. The number of carbonyl (C=O) groups is 2. The topological polar surface area (TPSA) is 95.9 Å². The number of unbranched alkanes of at least 4 members (excludes halogenated alkanes) is 38. The Balaban J connectivity index is 3.48. The van der Waals surface area contributed by atoms with E-state index in [9.17, 15) is 19.8 Å². The van der Waals surface area contributed by atoms with Crippen LogP contribution in [-0.4, -0.2) is 47.4 Å². The molecule has 2 unspecified atom stereocenters. The van der Waals surface area contributed by atoms with Crippen LogP contribution in [-0.2, 0) is 14.3 Å². The number of esters is 1. The standard InChI is InChI=1S/C55H107NO5/c1-3-5-7-9-11-13-15-17-19-21-22-23-24-26-28-31-35-39-43-47-53(58)52(51-57)56-54(59)48-44-40-36-32-30-34-38-42-46-50-61-55(60)49-45-41-37-33-29-27-25-20-18-16-14-12-10-8-6-4-2/h20,25,52-53,57-58H,3-19,21-24,26-51H2,1-2H3,(H,56,59)/b25-20-. The minimum Gasteiger partial charge on any atom is -0.466 e. The Bertz CT molecular complexity index is 909. The van der Waals surface area contributed by atoms with Gasteiger partial charge in [-0.3, -0.25) is 9.59 Å².